The van der Waals surface area contributed by atoms with E-state index in [1.54, 1.807) is 24.3 Å². The summed E-state index contributed by atoms with van der Waals surface area (Å²) in [5.41, 5.74) is 1.28. The van der Waals surface area contributed by atoms with E-state index < -0.39 is 24.3 Å². The molecule has 0 aliphatic rings. The number of carboxylic acids is 2. The first-order valence-electron chi connectivity index (χ1n) is 6.16. The summed E-state index contributed by atoms with van der Waals surface area (Å²) in [5, 5.41) is 18.1. The van der Waals surface area contributed by atoms with Crippen LogP contribution >= 0.6 is 0 Å². The summed E-state index contributed by atoms with van der Waals surface area (Å²) in [6.45, 7) is 1.86. The second-order valence-corrected chi connectivity index (χ2v) is 4.45. The van der Waals surface area contributed by atoms with Crippen LogP contribution in [0.5, 0.6) is 0 Å². The van der Waals surface area contributed by atoms with Gasteiger partial charge in [-0.25, -0.2) is 4.79 Å². The van der Waals surface area contributed by atoms with Gasteiger partial charge in [-0.15, -0.1) is 0 Å². The Labute approximate surface area is 121 Å². The van der Waals surface area contributed by atoms with Crippen LogP contribution in [0, 0.1) is 6.92 Å². The molecule has 112 valence electrons. The first kappa shape index (κ1) is 16.4. The zero-order valence-electron chi connectivity index (χ0n) is 11.8. The minimum Gasteiger partial charge on any atom is -0.481 e. The van der Waals surface area contributed by atoms with Crippen LogP contribution in [0.1, 0.15) is 24.0 Å². The summed E-state index contributed by atoms with van der Waals surface area (Å²) in [5.74, 6) is -3.27. The molecule has 0 aliphatic carbocycles. The van der Waals surface area contributed by atoms with Crippen molar-refractivity contribution in [3.05, 3.63) is 41.0 Å². The van der Waals surface area contributed by atoms with Gasteiger partial charge in [0.1, 0.15) is 0 Å². The van der Waals surface area contributed by atoms with Gasteiger partial charge in [0, 0.05) is 0 Å². The number of aryl methyl sites for hydroxylation is 1. The molecule has 0 heterocycles. The van der Waals surface area contributed by atoms with Gasteiger partial charge in [0.05, 0.1) is 25.5 Å². The van der Waals surface area contributed by atoms with E-state index in [-0.39, 0.29) is 17.6 Å². The number of carbonyl (C=O) groups excluding carboxylic acids is 1. The van der Waals surface area contributed by atoms with Crippen LogP contribution in [0.15, 0.2) is 29.8 Å². The molecule has 0 saturated heterocycles. The molecule has 1 aromatic carbocycles. The molecule has 0 aromatic heterocycles. The van der Waals surface area contributed by atoms with Crippen molar-refractivity contribution in [1.82, 2.24) is 0 Å². The van der Waals surface area contributed by atoms with Crippen LogP contribution in [0.2, 0.25) is 0 Å². The van der Waals surface area contributed by atoms with Crippen molar-refractivity contribution < 1.29 is 29.3 Å². The predicted molar refractivity (Wildman–Crippen MR) is 74.6 cm³/mol. The van der Waals surface area contributed by atoms with E-state index in [4.69, 9.17) is 5.11 Å². The highest BCUT2D eigenvalue weighted by molar-refractivity contribution is 6.03. The van der Waals surface area contributed by atoms with Gasteiger partial charge in [-0.2, -0.15) is 0 Å². The van der Waals surface area contributed by atoms with E-state index in [0.717, 1.165) is 5.56 Å². The molecule has 0 spiro atoms. The zero-order valence-corrected chi connectivity index (χ0v) is 11.8. The molecular formula is C15H16O6. The average Bonchev–Trinajstić information content (AvgIpc) is 2.43. The largest absolute Gasteiger partial charge is 0.481 e. The Morgan fingerprint density at radius 3 is 2.05 bits per heavy atom. The molecule has 0 amide bonds. The summed E-state index contributed by atoms with van der Waals surface area (Å²) in [6, 6.07) is 6.82. The molecule has 2 N–H and O–H groups in total. The van der Waals surface area contributed by atoms with E-state index in [1.807, 2.05) is 6.92 Å². The number of hydrogen-bond donors (Lipinski definition) is 2. The third-order valence-corrected chi connectivity index (χ3v) is 2.90. The summed E-state index contributed by atoms with van der Waals surface area (Å²) in [6.07, 6.45) is -0.968. The first-order valence-corrected chi connectivity index (χ1v) is 6.16. The van der Waals surface area contributed by atoms with Gasteiger partial charge in [0.2, 0.25) is 0 Å². The third kappa shape index (κ3) is 4.76. The number of aliphatic carboxylic acids is 2. The van der Waals surface area contributed by atoms with Crippen molar-refractivity contribution in [3.8, 4) is 0 Å². The Balaban J connectivity index is 3.39. The van der Waals surface area contributed by atoms with Crippen molar-refractivity contribution in [3.63, 3.8) is 0 Å². The van der Waals surface area contributed by atoms with Gasteiger partial charge in [-0.1, -0.05) is 29.8 Å². The Bertz CT molecular complexity index is 583. The smallest absolute Gasteiger partial charge is 0.332 e. The Kier molecular flexibility index (Phi) is 5.66. The van der Waals surface area contributed by atoms with Crippen molar-refractivity contribution in [2.24, 2.45) is 0 Å². The lowest BCUT2D eigenvalue weighted by Gasteiger charge is -2.11. The van der Waals surface area contributed by atoms with E-state index in [1.165, 1.54) is 7.11 Å². The molecule has 0 aliphatic heterocycles. The number of ether oxygens (including phenoxy) is 1. The standard InChI is InChI=1S/C15H16O6/c1-9-3-5-10(6-4-9)11(8-14(18)21-2)12(15(19)20)7-13(16)17/h3-6H,7-8H2,1-2H3,(H,16,17)(H,19,20). The summed E-state index contributed by atoms with van der Waals surface area (Å²) < 4.78 is 4.55. The molecule has 1 aromatic rings. The maximum atomic E-state index is 11.5. The fourth-order valence-electron chi connectivity index (χ4n) is 1.82. The quantitative estimate of drug-likeness (QED) is 0.613. The van der Waals surface area contributed by atoms with Crippen molar-refractivity contribution in [2.75, 3.05) is 7.11 Å². The number of carboxylic acid groups (broad SMARTS) is 2. The van der Waals surface area contributed by atoms with Gasteiger partial charge in [-0.3, -0.25) is 9.59 Å². The monoisotopic (exact) mass is 292 g/mol. The number of benzene rings is 1. The van der Waals surface area contributed by atoms with E-state index in [2.05, 4.69) is 4.74 Å². The Morgan fingerprint density at radius 2 is 1.62 bits per heavy atom. The SMILES string of the molecule is COC(=O)CC(=C(CC(=O)O)C(=O)O)c1ccc(C)cc1. The highest BCUT2D eigenvalue weighted by atomic mass is 16.5. The molecule has 0 fully saturated rings. The fourth-order valence-corrected chi connectivity index (χ4v) is 1.82. The van der Waals surface area contributed by atoms with Crippen LogP contribution in [0.3, 0.4) is 0 Å². The van der Waals surface area contributed by atoms with Crippen molar-refractivity contribution in [2.45, 2.75) is 19.8 Å². The normalized spacial score (nSPS) is 11.5. The summed E-state index contributed by atoms with van der Waals surface area (Å²) in [4.78, 5) is 33.6. The highest BCUT2D eigenvalue weighted by Gasteiger charge is 2.21. The second kappa shape index (κ2) is 7.23. The van der Waals surface area contributed by atoms with Crippen LogP contribution in [-0.2, 0) is 19.1 Å². The van der Waals surface area contributed by atoms with Gasteiger partial charge < -0.3 is 14.9 Å². The van der Waals surface area contributed by atoms with Crippen LogP contribution in [0.25, 0.3) is 5.57 Å². The number of rotatable bonds is 6. The maximum absolute atomic E-state index is 11.5. The van der Waals surface area contributed by atoms with Gasteiger partial charge in [-0.05, 0) is 18.1 Å². The van der Waals surface area contributed by atoms with Gasteiger partial charge in [0.25, 0.3) is 0 Å². The molecule has 0 bridgehead atoms. The maximum Gasteiger partial charge on any atom is 0.332 e. The minimum absolute atomic E-state index is 0.150. The molecule has 21 heavy (non-hydrogen) atoms. The lowest BCUT2D eigenvalue weighted by molar-refractivity contribution is -0.140. The fraction of sp³-hybridized carbons (Fsp3) is 0.267. The van der Waals surface area contributed by atoms with E-state index in [9.17, 15) is 19.5 Å². The van der Waals surface area contributed by atoms with Crippen molar-refractivity contribution >= 4 is 23.5 Å². The number of hydrogen-bond acceptors (Lipinski definition) is 4. The molecule has 6 heteroatoms. The molecule has 0 unspecified atom stereocenters. The molecule has 0 radical (unpaired) electrons. The van der Waals surface area contributed by atoms with Crippen molar-refractivity contribution in [1.29, 1.82) is 0 Å². The molecule has 1 rings (SSSR count). The molecule has 0 atom stereocenters. The highest BCUT2D eigenvalue weighted by Crippen LogP contribution is 2.25. The topological polar surface area (TPSA) is 101 Å². The van der Waals surface area contributed by atoms with Crippen LogP contribution in [-0.4, -0.2) is 35.2 Å². The Hall–Kier alpha value is -2.63. The van der Waals surface area contributed by atoms with Crippen LogP contribution in [0.4, 0.5) is 0 Å². The predicted octanol–water partition coefficient (Wildman–Crippen LogP) is 1.87. The molecule has 0 saturated carbocycles. The average molecular weight is 292 g/mol. The van der Waals surface area contributed by atoms with E-state index in [0.29, 0.717) is 5.56 Å². The third-order valence-electron chi connectivity index (χ3n) is 2.90. The van der Waals surface area contributed by atoms with Gasteiger partial charge in [0.15, 0.2) is 0 Å². The molecule has 6 nitrogen and oxygen atoms in total. The number of methoxy groups -OCH3 is 1. The lowest BCUT2D eigenvalue weighted by Crippen LogP contribution is -2.12. The Morgan fingerprint density at radius 1 is 1.05 bits per heavy atom. The summed E-state index contributed by atoms with van der Waals surface area (Å²) >= 11 is 0. The minimum atomic E-state index is -1.36. The molecular weight excluding hydrogens is 276 g/mol. The zero-order chi connectivity index (χ0) is 16.0. The number of carbonyl (C=O) groups is 3. The second-order valence-electron chi connectivity index (χ2n) is 4.45. The number of esters is 1. The summed E-state index contributed by atoms with van der Waals surface area (Å²) in [7, 11) is 1.19. The first-order chi connectivity index (χ1) is 9.85. The van der Waals surface area contributed by atoms with E-state index >= 15 is 0 Å². The lowest BCUT2D eigenvalue weighted by atomic mass is 9.94. The van der Waals surface area contributed by atoms with Crippen LogP contribution < -0.4 is 0 Å². The van der Waals surface area contributed by atoms with Gasteiger partial charge >= 0.3 is 17.9 Å².